The molecule has 2 heterocycles. The van der Waals surface area contributed by atoms with Crippen molar-refractivity contribution in [2.24, 2.45) is 0 Å². The van der Waals surface area contributed by atoms with E-state index in [4.69, 9.17) is 29.0 Å². The van der Waals surface area contributed by atoms with E-state index in [0.29, 0.717) is 33.7 Å². The Morgan fingerprint density at radius 3 is 2.81 bits per heavy atom. The largest absolute Gasteiger partial charge is 0.487 e. The molecule has 5 aromatic rings. The molecular weight excluding hydrogens is 491 g/mol. The van der Waals surface area contributed by atoms with Crippen LogP contribution in [0.1, 0.15) is 32.9 Å². The van der Waals surface area contributed by atoms with E-state index in [2.05, 4.69) is 20.6 Å². The summed E-state index contributed by atoms with van der Waals surface area (Å²) >= 11 is 6.42. The molecule has 3 aromatic carbocycles. The Balaban J connectivity index is 1.39. The average molecular weight is 523 g/mol. The number of hydrogen-bond donors (Lipinski definition) is 2. The van der Waals surface area contributed by atoms with Gasteiger partial charge in [-0.3, -0.25) is 0 Å². The summed E-state index contributed by atoms with van der Waals surface area (Å²) in [6.07, 6.45) is 1.47. The van der Waals surface area contributed by atoms with Crippen LogP contribution in [0.15, 0.2) is 83.5 Å². The summed E-state index contributed by atoms with van der Waals surface area (Å²) in [5.41, 5.74) is 1.77. The Bertz CT molecular complexity index is 1790. The van der Waals surface area contributed by atoms with Crippen molar-refractivity contribution in [3.8, 4) is 17.1 Å². The summed E-state index contributed by atoms with van der Waals surface area (Å²) in [6, 6.07) is 18.1. The van der Waals surface area contributed by atoms with Crippen LogP contribution in [0.4, 0.5) is 15.9 Å². The molecule has 0 saturated carbocycles. The maximum absolute atomic E-state index is 13.6. The molecule has 37 heavy (non-hydrogen) atoms. The van der Waals surface area contributed by atoms with E-state index in [0.717, 1.165) is 6.07 Å². The van der Waals surface area contributed by atoms with Gasteiger partial charge in [-0.25, -0.2) is 14.4 Å². The first-order valence-electron chi connectivity index (χ1n) is 14.4. The standard InChI is InChI=1S/C29H26ClFN4O2/c1-2-12-32-16-23-8-11-27(37-23)20-6-9-26-24(14-20)29(34-18-33-26)35-22-7-10-28(25(30)15-22)36-17-19-4-3-5-21(31)13-19/h3-11,13-15,18,32H,2,12,16-17H2,1H3,(H,33,34,35)/i12D2,16D2,17D2. The second kappa shape index (κ2) is 11.4. The summed E-state index contributed by atoms with van der Waals surface area (Å²) < 4.78 is 73.6. The summed E-state index contributed by atoms with van der Waals surface area (Å²) in [5.74, 6) is 0.211. The molecule has 0 radical (unpaired) electrons. The van der Waals surface area contributed by atoms with Gasteiger partial charge in [0, 0.05) is 19.4 Å². The maximum Gasteiger partial charge on any atom is 0.141 e. The fourth-order valence-corrected chi connectivity index (χ4v) is 3.75. The van der Waals surface area contributed by atoms with Crippen LogP contribution in [-0.2, 0) is 13.1 Å². The van der Waals surface area contributed by atoms with E-state index in [9.17, 15) is 4.39 Å². The van der Waals surface area contributed by atoms with Gasteiger partial charge in [-0.1, -0.05) is 30.7 Å². The minimum absolute atomic E-state index is 0.00644. The molecular formula is C29H26ClFN4O2. The van der Waals surface area contributed by atoms with Crippen molar-refractivity contribution in [1.82, 2.24) is 15.3 Å². The van der Waals surface area contributed by atoms with Crippen molar-refractivity contribution in [2.45, 2.75) is 26.4 Å². The number of rotatable bonds is 10. The third-order valence-corrected chi connectivity index (χ3v) is 5.57. The third-order valence-electron chi connectivity index (χ3n) is 5.27. The van der Waals surface area contributed by atoms with Crippen LogP contribution < -0.4 is 15.4 Å². The van der Waals surface area contributed by atoms with Crippen molar-refractivity contribution < 1.29 is 21.8 Å². The van der Waals surface area contributed by atoms with Crippen molar-refractivity contribution in [1.29, 1.82) is 0 Å². The molecule has 8 heteroatoms. The molecule has 0 amide bonds. The van der Waals surface area contributed by atoms with Crippen LogP contribution >= 0.6 is 11.6 Å². The number of nitrogens with zero attached hydrogens (tertiary/aromatic N) is 2. The van der Waals surface area contributed by atoms with Gasteiger partial charge in [-0.05, 0) is 79.1 Å². The lowest BCUT2D eigenvalue weighted by Crippen LogP contribution is -2.12. The van der Waals surface area contributed by atoms with E-state index in [1.54, 1.807) is 43.3 Å². The van der Waals surface area contributed by atoms with E-state index in [1.165, 1.54) is 36.7 Å². The summed E-state index contributed by atoms with van der Waals surface area (Å²) in [6.45, 7) is -4.87. The fraction of sp³-hybridized carbons (Fsp3) is 0.172. The minimum atomic E-state index is -2.33. The van der Waals surface area contributed by atoms with Crippen LogP contribution in [0.5, 0.6) is 5.75 Å². The highest BCUT2D eigenvalue weighted by atomic mass is 35.5. The molecule has 2 N–H and O–H groups in total. The highest BCUT2D eigenvalue weighted by Gasteiger charge is 2.11. The molecule has 6 nitrogen and oxygen atoms in total. The van der Waals surface area contributed by atoms with E-state index < -0.39 is 25.4 Å². The smallest absolute Gasteiger partial charge is 0.141 e. The molecule has 0 aliphatic heterocycles. The number of halogens is 2. The Hall–Kier alpha value is -3.94. The lowest BCUT2D eigenvalue weighted by Gasteiger charge is -2.12. The maximum atomic E-state index is 13.6. The number of benzene rings is 3. The van der Waals surface area contributed by atoms with Crippen molar-refractivity contribution in [3.05, 3.63) is 101 Å². The molecule has 0 spiro atoms. The van der Waals surface area contributed by atoms with Crippen LogP contribution in [-0.4, -0.2) is 16.5 Å². The zero-order valence-electron chi connectivity index (χ0n) is 25.7. The SMILES string of the molecule is [2H]C([2H])(CC)NC([2H])([2H])c1ccc(-c2ccc3ncnc(Nc4ccc(OC([2H])([2H])c5cccc(F)c5)c(Cl)c4)c3c2)o1. The first-order valence-corrected chi connectivity index (χ1v) is 11.8. The van der Waals surface area contributed by atoms with Crippen molar-refractivity contribution in [3.63, 3.8) is 0 Å². The monoisotopic (exact) mass is 522 g/mol. The highest BCUT2D eigenvalue weighted by molar-refractivity contribution is 6.32. The molecule has 0 aliphatic rings. The summed E-state index contributed by atoms with van der Waals surface area (Å²) in [5, 5.41) is 6.27. The Morgan fingerprint density at radius 1 is 1.05 bits per heavy atom. The second-order valence-corrected chi connectivity index (χ2v) is 8.29. The van der Waals surface area contributed by atoms with Crippen LogP contribution in [0, 0.1) is 5.82 Å². The topological polar surface area (TPSA) is 72.2 Å². The lowest BCUT2D eigenvalue weighted by atomic mass is 10.1. The summed E-state index contributed by atoms with van der Waals surface area (Å²) in [7, 11) is 0. The zero-order valence-corrected chi connectivity index (χ0v) is 20.4. The Kier molecular flexibility index (Phi) is 5.65. The molecule has 0 atom stereocenters. The van der Waals surface area contributed by atoms with Gasteiger partial charge in [0.05, 0.1) is 22.5 Å². The molecule has 0 bridgehead atoms. The van der Waals surface area contributed by atoms with E-state index in [1.807, 2.05) is 0 Å². The van der Waals surface area contributed by atoms with E-state index in [-0.39, 0.29) is 28.5 Å². The molecule has 5 rings (SSSR count). The van der Waals surface area contributed by atoms with Gasteiger partial charge in [0.25, 0.3) is 0 Å². The fourth-order valence-electron chi connectivity index (χ4n) is 3.53. The van der Waals surface area contributed by atoms with Gasteiger partial charge in [0.15, 0.2) is 0 Å². The van der Waals surface area contributed by atoms with Crippen LogP contribution in [0.3, 0.4) is 0 Å². The number of aromatic nitrogens is 2. The highest BCUT2D eigenvalue weighted by Crippen LogP contribution is 2.32. The molecule has 188 valence electrons. The quantitative estimate of drug-likeness (QED) is 0.198. The number of nitrogens with one attached hydrogen (secondary N) is 2. The Labute approximate surface area is 227 Å². The van der Waals surface area contributed by atoms with Crippen molar-refractivity contribution in [2.75, 3.05) is 11.8 Å². The van der Waals surface area contributed by atoms with E-state index >= 15 is 0 Å². The first-order chi connectivity index (χ1) is 20.3. The van der Waals surface area contributed by atoms with Gasteiger partial charge >= 0.3 is 0 Å². The minimum Gasteiger partial charge on any atom is -0.487 e. The van der Waals surface area contributed by atoms with Crippen molar-refractivity contribution >= 4 is 34.0 Å². The zero-order chi connectivity index (χ0) is 31.0. The molecule has 2 aromatic heterocycles. The summed E-state index contributed by atoms with van der Waals surface area (Å²) in [4.78, 5) is 8.67. The predicted molar refractivity (Wildman–Crippen MR) is 145 cm³/mol. The Morgan fingerprint density at radius 2 is 1.97 bits per heavy atom. The van der Waals surface area contributed by atoms with Gasteiger partial charge < -0.3 is 19.8 Å². The average Bonchev–Trinajstić information content (AvgIpc) is 3.46. The van der Waals surface area contributed by atoms with Gasteiger partial charge in [-0.2, -0.15) is 0 Å². The second-order valence-electron chi connectivity index (χ2n) is 7.88. The first kappa shape index (κ1) is 18.3. The normalized spacial score (nSPS) is 14.7. The number of anilines is 2. The predicted octanol–water partition coefficient (Wildman–Crippen LogP) is 7.50. The third kappa shape index (κ3) is 6.07. The molecule has 0 saturated heterocycles. The number of ether oxygens (including phenoxy) is 1. The van der Waals surface area contributed by atoms with Crippen LogP contribution in [0.25, 0.3) is 22.2 Å². The molecule has 0 unspecified atom stereocenters. The number of furan rings is 1. The van der Waals surface area contributed by atoms with Gasteiger partial charge in [0.1, 0.15) is 41.8 Å². The molecule has 0 aliphatic carbocycles. The lowest BCUT2D eigenvalue weighted by molar-refractivity contribution is 0.306. The number of fused-ring (bicyclic) bond motifs is 1. The van der Waals surface area contributed by atoms with Gasteiger partial charge in [0.2, 0.25) is 0 Å². The van der Waals surface area contributed by atoms with Crippen LogP contribution in [0.2, 0.25) is 5.02 Å². The van der Waals surface area contributed by atoms with Gasteiger partial charge in [-0.15, -0.1) is 0 Å². The molecule has 0 fully saturated rings. The number of hydrogen-bond acceptors (Lipinski definition) is 6.